The van der Waals surface area contributed by atoms with Crippen molar-refractivity contribution in [3.05, 3.63) is 211 Å². The van der Waals surface area contributed by atoms with E-state index >= 15 is 0 Å². The van der Waals surface area contributed by atoms with E-state index in [1.807, 2.05) is 6.07 Å². The number of rotatable bonds is 7. The molecule has 0 N–H and O–H groups in total. The molecule has 0 fully saturated rings. The van der Waals surface area contributed by atoms with Crippen LogP contribution in [0.15, 0.2) is 199 Å². The molecule has 0 amide bonds. The zero-order chi connectivity index (χ0) is 46.0. The average Bonchev–Trinajstić information content (AvgIpc) is 3.69. The van der Waals surface area contributed by atoms with Gasteiger partial charge in [0.2, 0.25) is 0 Å². The van der Waals surface area contributed by atoms with Crippen molar-refractivity contribution in [3.63, 3.8) is 0 Å². The highest BCUT2D eigenvalue weighted by Crippen LogP contribution is 2.51. The van der Waals surface area contributed by atoms with Gasteiger partial charge < -0.3 is 9.32 Å². The van der Waals surface area contributed by atoms with E-state index in [2.05, 4.69) is 255 Å². The lowest BCUT2D eigenvalue weighted by molar-refractivity contribution is 0.569. The Kier molecular flexibility index (Phi) is 10.6. The lowest BCUT2D eigenvalue weighted by Crippen LogP contribution is -2.17. The van der Waals surface area contributed by atoms with Crippen LogP contribution in [0.4, 0.5) is 17.1 Å². The van der Waals surface area contributed by atoms with Gasteiger partial charge in [0.05, 0.1) is 17.1 Å². The van der Waals surface area contributed by atoms with Crippen LogP contribution in [0.3, 0.4) is 0 Å². The minimum absolute atomic E-state index is 0.0170. The second kappa shape index (κ2) is 16.4. The highest BCUT2D eigenvalue weighted by atomic mass is 16.3. The fourth-order valence-corrected chi connectivity index (χ4v) is 9.59. The molecule has 0 aliphatic carbocycles. The van der Waals surface area contributed by atoms with Gasteiger partial charge in [0.25, 0.3) is 0 Å². The Morgan fingerprint density at radius 2 is 0.864 bits per heavy atom. The number of benzene rings is 9. The first-order chi connectivity index (χ1) is 31.6. The van der Waals surface area contributed by atoms with Crippen LogP contribution in [-0.2, 0) is 16.2 Å². The molecule has 10 aromatic rings. The molecule has 0 unspecified atom stereocenters. The summed E-state index contributed by atoms with van der Waals surface area (Å²) in [4.78, 5) is 2.53. The van der Waals surface area contributed by atoms with E-state index in [4.69, 9.17) is 4.42 Å². The van der Waals surface area contributed by atoms with E-state index in [0.717, 1.165) is 66.8 Å². The minimum Gasteiger partial charge on any atom is -0.456 e. The molecule has 1 heterocycles. The summed E-state index contributed by atoms with van der Waals surface area (Å²) in [5, 5.41) is 4.70. The third-order valence-electron chi connectivity index (χ3n) is 13.3. The van der Waals surface area contributed by atoms with Gasteiger partial charge in [-0.25, -0.2) is 0 Å². The summed E-state index contributed by atoms with van der Waals surface area (Å²) in [5.41, 5.74) is 18.2. The summed E-state index contributed by atoms with van der Waals surface area (Å²) in [6.07, 6.45) is 0. The van der Waals surface area contributed by atoms with Crippen LogP contribution in [0.1, 0.15) is 79.0 Å². The number of hydrogen-bond donors (Lipinski definition) is 0. The molecule has 1 aromatic heterocycles. The molecule has 10 rings (SSSR count). The minimum atomic E-state index is -0.0982. The maximum Gasteiger partial charge on any atom is 0.136 e. The predicted octanol–water partition coefficient (Wildman–Crippen LogP) is 18.8. The summed E-state index contributed by atoms with van der Waals surface area (Å²) in [5.74, 6) is 0. The molecule has 2 heteroatoms. The molecule has 0 bridgehead atoms. The number of fused-ring (bicyclic) bond motifs is 4. The normalized spacial score (nSPS) is 12.3. The monoisotopic (exact) mass is 857 g/mol. The third-order valence-corrected chi connectivity index (χ3v) is 13.3. The zero-order valence-corrected chi connectivity index (χ0v) is 39.8. The summed E-state index contributed by atoms with van der Waals surface area (Å²) in [7, 11) is 0. The summed E-state index contributed by atoms with van der Waals surface area (Å²) >= 11 is 0. The Morgan fingerprint density at radius 3 is 1.55 bits per heavy atom. The van der Waals surface area contributed by atoms with E-state index < -0.39 is 0 Å². The first-order valence-electron chi connectivity index (χ1n) is 23.4. The van der Waals surface area contributed by atoms with E-state index in [0.29, 0.717) is 0 Å². The van der Waals surface area contributed by atoms with Crippen molar-refractivity contribution >= 4 is 49.8 Å². The molecule has 0 radical (unpaired) electrons. The molecule has 66 heavy (non-hydrogen) atoms. The first kappa shape index (κ1) is 42.8. The van der Waals surface area contributed by atoms with Crippen LogP contribution in [0.25, 0.3) is 77.2 Å². The SMILES string of the molecule is CC(C)(C)c1cc(-c2cccc3cccc(-c4ccccc4N(c4ccccc4-c4ccc5c(c4)oc4ccccc45)c4cc(C(C)(C)C)ccc4-c4ccccc4)c23)cc(C(C)(C)C)c1. The zero-order valence-electron chi connectivity index (χ0n) is 39.8. The van der Waals surface area contributed by atoms with Gasteiger partial charge >= 0.3 is 0 Å². The van der Waals surface area contributed by atoms with E-state index in [1.165, 1.54) is 44.2 Å². The Bertz CT molecular complexity index is 3380. The maximum atomic E-state index is 6.52. The first-order valence-corrected chi connectivity index (χ1v) is 23.4. The number of hydrogen-bond acceptors (Lipinski definition) is 2. The molecular weight excluding hydrogens is 799 g/mol. The van der Waals surface area contributed by atoms with Crippen LogP contribution in [0.5, 0.6) is 0 Å². The molecule has 0 saturated heterocycles. The van der Waals surface area contributed by atoms with Crippen molar-refractivity contribution in [2.24, 2.45) is 0 Å². The average molecular weight is 858 g/mol. The molecule has 2 nitrogen and oxygen atoms in total. The van der Waals surface area contributed by atoms with Crippen molar-refractivity contribution < 1.29 is 4.42 Å². The van der Waals surface area contributed by atoms with E-state index in [-0.39, 0.29) is 16.2 Å². The van der Waals surface area contributed by atoms with Crippen molar-refractivity contribution in [2.45, 2.75) is 78.6 Å². The number of anilines is 3. The second-order valence-electron chi connectivity index (χ2n) is 21.0. The van der Waals surface area contributed by atoms with Crippen LogP contribution in [0.2, 0.25) is 0 Å². The van der Waals surface area contributed by atoms with Crippen molar-refractivity contribution in [3.8, 4) is 44.5 Å². The van der Waals surface area contributed by atoms with Gasteiger partial charge in [-0.2, -0.15) is 0 Å². The van der Waals surface area contributed by atoms with E-state index in [1.54, 1.807) is 0 Å². The largest absolute Gasteiger partial charge is 0.456 e. The fourth-order valence-electron chi connectivity index (χ4n) is 9.59. The summed E-state index contributed by atoms with van der Waals surface area (Å²) in [6.45, 7) is 20.9. The van der Waals surface area contributed by atoms with Crippen molar-refractivity contribution in [2.75, 3.05) is 4.90 Å². The molecule has 0 atom stereocenters. The van der Waals surface area contributed by atoms with Gasteiger partial charge in [0.1, 0.15) is 11.2 Å². The van der Waals surface area contributed by atoms with Gasteiger partial charge in [-0.3, -0.25) is 0 Å². The van der Waals surface area contributed by atoms with Gasteiger partial charge in [-0.05, 0) is 108 Å². The van der Waals surface area contributed by atoms with E-state index in [9.17, 15) is 0 Å². The van der Waals surface area contributed by atoms with Crippen LogP contribution >= 0.6 is 0 Å². The van der Waals surface area contributed by atoms with Gasteiger partial charge in [0.15, 0.2) is 0 Å². The Balaban J connectivity index is 1.28. The molecule has 0 saturated carbocycles. The van der Waals surface area contributed by atoms with Crippen molar-refractivity contribution in [1.82, 2.24) is 0 Å². The standard InChI is InChI=1S/C64H59NO/c1-62(2,3)46-34-36-50(42-21-11-10-12-22-42)58(41-46)65(56-30-16-13-25-49(56)44-33-35-54-53-27-15-18-32-59(53)66-60(54)39-44)57-31-17-14-26-52(57)55-29-20-24-43-23-19-28-51(61(43)55)45-37-47(63(4,5)6)40-48(38-45)64(7,8)9/h10-41H,1-9H3. The summed E-state index contributed by atoms with van der Waals surface area (Å²) < 4.78 is 6.52. The highest BCUT2D eigenvalue weighted by Gasteiger charge is 2.27. The van der Waals surface area contributed by atoms with Gasteiger partial charge in [-0.15, -0.1) is 0 Å². The molecule has 326 valence electrons. The van der Waals surface area contributed by atoms with Crippen molar-refractivity contribution in [1.29, 1.82) is 0 Å². The molecule has 9 aromatic carbocycles. The third kappa shape index (κ3) is 7.89. The Morgan fingerprint density at radius 1 is 0.318 bits per heavy atom. The number of furan rings is 1. The van der Waals surface area contributed by atoms with Gasteiger partial charge in [-0.1, -0.05) is 220 Å². The summed E-state index contributed by atoms with van der Waals surface area (Å²) in [6, 6.07) is 71.7. The highest BCUT2D eigenvalue weighted by molar-refractivity contribution is 6.10. The lowest BCUT2D eigenvalue weighted by Gasteiger charge is -2.33. The molecule has 0 spiro atoms. The Hall–Kier alpha value is -7.16. The smallest absolute Gasteiger partial charge is 0.136 e. The lowest BCUT2D eigenvalue weighted by atomic mass is 9.78. The maximum absolute atomic E-state index is 6.52. The molecular formula is C64H59NO. The molecule has 0 aliphatic heterocycles. The van der Waals surface area contributed by atoms with Crippen LogP contribution in [0, 0.1) is 0 Å². The quantitative estimate of drug-likeness (QED) is 0.159. The second-order valence-corrected chi connectivity index (χ2v) is 21.0. The van der Waals surface area contributed by atoms with Crippen LogP contribution in [-0.4, -0.2) is 0 Å². The molecule has 0 aliphatic rings. The van der Waals surface area contributed by atoms with Gasteiger partial charge in [0, 0.05) is 27.5 Å². The Labute approximate surface area is 391 Å². The predicted molar refractivity (Wildman–Crippen MR) is 284 cm³/mol. The van der Waals surface area contributed by atoms with Crippen LogP contribution < -0.4 is 4.90 Å². The number of nitrogens with zero attached hydrogens (tertiary/aromatic N) is 1. The topological polar surface area (TPSA) is 16.4 Å². The fraction of sp³-hybridized carbons (Fsp3) is 0.188. The number of para-hydroxylation sites is 3.